The van der Waals surface area contributed by atoms with E-state index in [4.69, 9.17) is 4.74 Å². The molecule has 5 rings (SSSR count). The number of benzene rings is 1. The minimum absolute atomic E-state index is 0.0671. The molecule has 0 unspecified atom stereocenters. The average Bonchev–Trinajstić information content (AvgIpc) is 3.43. The van der Waals surface area contributed by atoms with E-state index in [1.165, 1.54) is 17.4 Å². The van der Waals surface area contributed by atoms with Gasteiger partial charge in [-0.05, 0) is 24.3 Å². The van der Waals surface area contributed by atoms with E-state index < -0.39 is 29.7 Å². The third kappa shape index (κ3) is 4.90. The van der Waals surface area contributed by atoms with Crippen molar-refractivity contribution in [2.75, 3.05) is 18.0 Å². The van der Waals surface area contributed by atoms with Crippen LogP contribution >= 0.6 is 11.3 Å². The summed E-state index contributed by atoms with van der Waals surface area (Å²) >= 11 is 1.20. The molecular weight excluding hydrogens is 496 g/mol. The smallest absolute Gasteiger partial charge is 0.435 e. The van der Waals surface area contributed by atoms with Gasteiger partial charge < -0.3 is 9.64 Å². The number of piperidine rings is 1. The Bertz CT molecular complexity index is 1290. The Balaban J connectivity index is 1.33. The number of halogens is 6. The van der Waals surface area contributed by atoms with Crippen LogP contribution in [0.4, 0.5) is 32.2 Å². The summed E-state index contributed by atoms with van der Waals surface area (Å²) in [5, 5.41) is 3.96. The van der Waals surface area contributed by atoms with Gasteiger partial charge in [0.05, 0.1) is 15.8 Å². The van der Waals surface area contributed by atoms with Gasteiger partial charge in [0.25, 0.3) is 0 Å². The predicted octanol–water partition coefficient (Wildman–Crippen LogP) is 5.96. The SMILES string of the molecule is FC(F)(F)c1ccc(N2CCC(Oc3cc(C(F)(F)F)nn3-c3nc4ccccc4s3)CC2)nc1. The van der Waals surface area contributed by atoms with Crippen LogP contribution in [0.5, 0.6) is 5.88 Å². The highest BCUT2D eigenvalue weighted by molar-refractivity contribution is 7.20. The summed E-state index contributed by atoms with van der Waals surface area (Å²) in [6.07, 6.45) is -7.87. The molecular formula is C22H17F6N5OS. The van der Waals surface area contributed by atoms with Crippen LogP contribution in [0.3, 0.4) is 0 Å². The first-order valence-corrected chi connectivity index (χ1v) is 11.4. The van der Waals surface area contributed by atoms with Crippen molar-refractivity contribution in [2.24, 2.45) is 0 Å². The van der Waals surface area contributed by atoms with E-state index in [-0.39, 0.29) is 11.0 Å². The van der Waals surface area contributed by atoms with Gasteiger partial charge in [0.1, 0.15) is 11.9 Å². The second-order valence-corrected chi connectivity index (χ2v) is 8.96. The zero-order valence-electron chi connectivity index (χ0n) is 17.8. The average molecular weight is 513 g/mol. The van der Waals surface area contributed by atoms with Crippen LogP contribution in [0.25, 0.3) is 15.3 Å². The molecule has 0 atom stereocenters. The first kappa shape index (κ1) is 23.4. The molecule has 0 aliphatic carbocycles. The Morgan fingerprint density at radius 1 is 0.943 bits per heavy atom. The highest BCUT2D eigenvalue weighted by atomic mass is 32.1. The minimum Gasteiger partial charge on any atom is -0.474 e. The number of nitrogens with zero attached hydrogens (tertiary/aromatic N) is 5. The number of fused-ring (bicyclic) bond motifs is 1. The van der Waals surface area contributed by atoms with Crippen molar-refractivity contribution < 1.29 is 31.1 Å². The van der Waals surface area contributed by atoms with Gasteiger partial charge in [-0.1, -0.05) is 23.5 Å². The van der Waals surface area contributed by atoms with Crippen LogP contribution < -0.4 is 9.64 Å². The topological polar surface area (TPSA) is 56.1 Å². The van der Waals surface area contributed by atoms with Crippen molar-refractivity contribution in [2.45, 2.75) is 31.3 Å². The summed E-state index contributed by atoms with van der Waals surface area (Å²) < 4.78 is 86.2. The Kier molecular flexibility index (Phi) is 5.82. The fraction of sp³-hybridized carbons (Fsp3) is 0.318. The molecule has 0 amide bonds. The number of hydrogen-bond acceptors (Lipinski definition) is 6. The van der Waals surface area contributed by atoms with Gasteiger partial charge >= 0.3 is 12.4 Å². The summed E-state index contributed by atoms with van der Waals surface area (Å²) in [4.78, 5) is 10.1. The van der Waals surface area contributed by atoms with Crippen molar-refractivity contribution in [3.63, 3.8) is 0 Å². The highest BCUT2D eigenvalue weighted by Gasteiger charge is 2.37. The van der Waals surface area contributed by atoms with E-state index in [1.807, 2.05) is 17.0 Å². The lowest BCUT2D eigenvalue weighted by Crippen LogP contribution is -2.39. The standard InChI is InChI=1S/C22H17F6N5OS/c23-21(24,25)13-5-6-18(29-12-13)32-9-7-14(8-10-32)34-19-11-17(22(26,27)28)31-33(19)20-30-15-3-1-2-4-16(15)35-20/h1-6,11-12,14H,7-10H2. The summed E-state index contributed by atoms with van der Waals surface area (Å²) in [5.41, 5.74) is -1.28. The van der Waals surface area contributed by atoms with Crippen LogP contribution in [-0.2, 0) is 12.4 Å². The molecule has 13 heteroatoms. The van der Waals surface area contributed by atoms with Gasteiger partial charge in [-0.25, -0.2) is 9.97 Å². The van der Waals surface area contributed by atoms with Crippen LogP contribution in [-0.4, -0.2) is 38.9 Å². The van der Waals surface area contributed by atoms with Crippen LogP contribution in [0.2, 0.25) is 0 Å². The van der Waals surface area contributed by atoms with Crippen molar-refractivity contribution in [3.05, 3.63) is 59.9 Å². The molecule has 6 nitrogen and oxygen atoms in total. The molecule has 3 aromatic heterocycles. The van der Waals surface area contributed by atoms with Crippen LogP contribution in [0.1, 0.15) is 24.1 Å². The number of alkyl halides is 6. The summed E-state index contributed by atoms with van der Waals surface area (Å²) in [7, 11) is 0. The molecule has 0 N–H and O–H groups in total. The molecule has 0 spiro atoms. The van der Waals surface area contributed by atoms with Crippen molar-refractivity contribution >= 4 is 27.4 Å². The first-order chi connectivity index (χ1) is 16.6. The summed E-state index contributed by atoms with van der Waals surface area (Å²) in [5.74, 6) is 0.331. The molecule has 1 aliphatic rings. The Hall–Kier alpha value is -3.35. The molecule has 1 aliphatic heterocycles. The third-order valence-electron chi connectivity index (χ3n) is 5.56. The predicted molar refractivity (Wildman–Crippen MR) is 117 cm³/mol. The molecule has 4 heterocycles. The lowest BCUT2D eigenvalue weighted by molar-refractivity contribution is -0.141. The number of ether oxygens (including phenoxy) is 1. The quantitative estimate of drug-likeness (QED) is 0.315. The fourth-order valence-electron chi connectivity index (χ4n) is 3.79. The molecule has 1 aromatic carbocycles. The Morgan fingerprint density at radius 3 is 2.31 bits per heavy atom. The van der Waals surface area contributed by atoms with Crippen LogP contribution in [0.15, 0.2) is 48.7 Å². The molecule has 0 bridgehead atoms. The number of pyridine rings is 1. The van der Waals surface area contributed by atoms with Crippen molar-refractivity contribution in [1.82, 2.24) is 19.7 Å². The lowest BCUT2D eigenvalue weighted by Gasteiger charge is -2.32. The molecule has 184 valence electrons. The van der Waals surface area contributed by atoms with E-state index in [2.05, 4.69) is 15.1 Å². The van der Waals surface area contributed by atoms with Gasteiger partial charge in [0.15, 0.2) is 5.69 Å². The normalized spacial score (nSPS) is 15.7. The maximum absolute atomic E-state index is 13.4. The number of anilines is 1. The van der Waals surface area contributed by atoms with Gasteiger partial charge in [0, 0.05) is 38.2 Å². The molecule has 0 saturated carbocycles. The van der Waals surface area contributed by atoms with Crippen molar-refractivity contribution in [1.29, 1.82) is 0 Å². The number of thiazole rings is 1. The largest absolute Gasteiger partial charge is 0.474 e. The van der Waals surface area contributed by atoms with Gasteiger partial charge in [0.2, 0.25) is 11.0 Å². The number of rotatable bonds is 4. The molecule has 1 saturated heterocycles. The molecule has 4 aromatic rings. The van der Waals surface area contributed by atoms with Gasteiger partial charge in [-0.3, -0.25) is 0 Å². The van der Waals surface area contributed by atoms with Crippen LogP contribution in [0, 0.1) is 0 Å². The zero-order chi connectivity index (χ0) is 24.8. The first-order valence-electron chi connectivity index (χ1n) is 10.6. The Morgan fingerprint density at radius 2 is 1.69 bits per heavy atom. The van der Waals surface area contributed by atoms with Crippen molar-refractivity contribution in [3.8, 4) is 11.0 Å². The summed E-state index contributed by atoms with van der Waals surface area (Å²) in [6.45, 7) is 0.842. The number of para-hydroxylation sites is 1. The zero-order valence-corrected chi connectivity index (χ0v) is 18.7. The van der Waals surface area contributed by atoms with E-state index >= 15 is 0 Å². The second kappa shape index (κ2) is 8.70. The second-order valence-electron chi connectivity index (χ2n) is 7.95. The minimum atomic E-state index is -4.66. The fourth-order valence-corrected chi connectivity index (χ4v) is 4.71. The number of hydrogen-bond donors (Lipinski definition) is 0. The highest BCUT2D eigenvalue weighted by Crippen LogP contribution is 2.35. The van der Waals surface area contributed by atoms with Gasteiger partial charge in [-0.2, -0.15) is 36.1 Å². The van der Waals surface area contributed by atoms with E-state index in [0.29, 0.717) is 37.3 Å². The maximum atomic E-state index is 13.4. The van der Waals surface area contributed by atoms with E-state index in [0.717, 1.165) is 27.7 Å². The third-order valence-corrected chi connectivity index (χ3v) is 6.57. The summed E-state index contributed by atoms with van der Waals surface area (Å²) in [6, 6.07) is 10.3. The van der Waals surface area contributed by atoms with Gasteiger partial charge in [-0.15, -0.1) is 0 Å². The van der Waals surface area contributed by atoms with E-state index in [9.17, 15) is 26.3 Å². The molecule has 1 fully saturated rings. The molecule has 35 heavy (non-hydrogen) atoms. The maximum Gasteiger partial charge on any atom is 0.435 e. The number of aromatic nitrogens is 4. The lowest BCUT2D eigenvalue weighted by atomic mass is 10.1. The van der Waals surface area contributed by atoms with E-state index in [1.54, 1.807) is 12.1 Å². The Labute approximate surface area is 198 Å². The monoisotopic (exact) mass is 513 g/mol. The molecule has 0 radical (unpaired) electrons.